The van der Waals surface area contributed by atoms with Crippen molar-refractivity contribution < 1.29 is 12.5 Å². The number of hydrogen-bond acceptors (Lipinski definition) is 4. The molecule has 0 amide bonds. The fraction of sp³-hybridized carbons (Fsp3) is 0.526. The summed E-state index contributed by atoms with van der Waals surface area (Å²) >= 11 is 0. The normalized spacial score (nSPS) is 30.3. The Morgan fingerprint density at radius 3 is 2.63 bits per heavy atom. The summed E-state index contributed by atoms with van der Waals surface area (Å²) in [6.45, 7) is 12.4. The van der Waals surface area contributed by atoms with Crippen molar-refractivity contribution in [2.24, 2.45) is 0 Å². The van der Waals surface area contributed by atoms with Crippen molar-refractivity contribution >= 4 is 37.6 Å². The zero-order chi connectivity index (χ0) is 19.7. The third-order valence-electron chi connectivity index (χ3n) is 6.81. The lowest BCUT2D eigenvalue weighted by Crippen LogP contribution is -2.66. The molecule has 2 unspecified atom stereocenters. The first kappa shape index (κ1) is 19.3. The number of nitrogens with zero attached hydrogens (tertiary/aromatic N) is 2. The predicted octanol–water partition coefficient (Wildman–Crippen LogP) is 4.20. The van der Waals surface area contributed by atoms with Gasteiger partial charge < -0.3 is 4.12 Å². The molecule has 1 aromatic carbocycles. The maximum atomic E-state index is 13.7. The highest BCUT2D eigenvalue weighted by Gasteiger charge is 2.60. The molecule has 1 aromatic heterocycles. The van der Waals surface area contributed by atoms with E-state index in [0.29, 0.717) is 29.0 Å². The number of para-hydroxylation sites is 1. The van der Waals surface area contributed by atoms with Crippen LogP contribution in [-0.4, -0.2) is 47.4 Å². The van der Waals surface area contributed by atoms with Gasteiger partial charge in [-0.25, -0.2) is 8.42 Å². The fourth-order valence-electron chi connectivity index (χ4n) is 4.75. The van der Waals surface area contributed by atoms with Gasteiger partial charge in [-0.15, -0.1) is 0 Å². The first-order chi connectivity index (χ1) is 12.5. The van der Waals surface area contributed by atoms with E-state index in [2.05, 4.69) is 38.1 Å². The zero-order valence-electron chi connectivity index (χ0n) is 16.7. The first-order valence-corrected chi connectivity index (χ1v) is 16.8. The summed E-state index contributed by atoms with van der Waals surface area (Å²) in [5, 5.41) is 0.790. The van der Waals surface area contributed by atoms with Crippen LogP contribution in [-0.2, 0) is 14.1 Å². The summed E-state index contributed by atoms with van der Waals surface area (Å²) in [6, 6.07) is 9.16. The molecule has 27 heavy (non-hydrogen) atoms. The maximum absolute atomic E-state index is 13.7. The van der Waals surface area contributed by atoms with Gasteiger partial charge in [-0.1, -0.05) is 25.1 Å². The van der Waals surface area contributed by atoms with Crippen molar-refractivity contribution in [1.82, 2.24) is 9.29 Å². The molecule has 2 saturated heterocycles. The van der Waals surface area contributed by atoms with Crippen LogP contribution in [0.3, 0.4) is 0 Å². The van der Waals surface area contributed by atoms with E-state index in [1.165, 1.54) is 0 Å². The number of rotatable bonds is 2. The third kappa shape index (κ3) is 2.93. The molecule has 0 spiro atoms. The molecule has 2 atom stereocenters. The molecule has 2 aliphatic heterocycles. The molecule has 5 nitrogen and oxygen atoms in total. The van der Waals surface area contributed by atoms with E-state index in [4.69, 9.17) is 4.12 Å². The van der Waals surface area contributed by atoms with Gasteiger partial charge in [-0.2, -0.15) is 4.31 Å². The van der Waals surface area contributed by atoms with Gasteiger partial charge in [0.15, 0.2) is 16.6 Å². The number of piperidine rings is 1. The largest absolute Gasteiger partial charge is 0.455 e. The molecule has 2 bridgehead atoms. The minimum Gasteiger partial charge on any atom is -0.455 e. The number of benzene rings is 1. The molecule has 4 rings (SSSR count). The summed E-state index contributed by atoms with van der Waals surface area (Å²) < 4.78 is 35.8. The molecule has 2 aliphatic rings. The lowest BCUT2D eigenvalue weighted by Gasteiger charge is -2.60. The topological polar surface area (TPSA) is 59.5 Å². The van der Waals surface area contributed by atoms with Crippen molar-refractivity contribution in [2.75, 3.05) is 13.1 Å². The van der Waals surface area contributed by atoms with Crippen molar-refractivity contribution in [3.05, 3.63) is 36.5 Å². The van der Waals surface area contributed by atoms with E-state index in [9.17, 15) is 8.42 Å². The molecular weight excluding hydrogens is 392 g/mol. The number of sulfonamides is 1. The second-order valence-corrected chi connectivity index (χ2v) is 20.3. The molecule has 8 heteroatoms. The Kier molecular flexibility index (Phi) is 4.25. The zero-order valence-corrected chi connectivity index (χ0v) is 19.5. The molecule has 0 radical (unpaired) electrons. The van der Waals surface area contributed by atoms with Crippen LogP contribution in [0.2, 0.25) is 36.8 Å². The molecule has 0 saturated carbocycles. The van der Waals surface area contributed by atoms with E-state index in [0.717, 1.165) is 11.8 Å². The minimum absolute atomic E-state index is 0.0660. The second kappa shape index (κ2) is 5.96. The van der Waals surface area contributed by atoms with Crippen molar-refractivity contribution in [1.29, 1.82) is 0 Å². The Labute approximate surface area is 164 Å². The highest BCUT2D eigenvalue weighted by atomic mass is 32.2. The van der Waals surface area contributed by atoms with Crippen LogP contribution in [0.25, 0.3) is 10.9 Å². The maximum Gasteiger partial charge on any atom is 0.245 e. The van der Waals surface area contributed by atoms with Crippen LogP contribution in [0, 0.1) is 0 Å². The highest BCUT2D eigenvalue weighted by molar-refractivity contribution is 7.89. The monoisotopic (exact) mass is 420 g/mol. The molecule has 0 N–H and O–H groups in total. The van der Waals surface area contributed by atoms with Crippen molar-refractivity contribution in [3.63, 3.8) is 0 Å². The summed E-state index contributed by atoms with van der Waals surface area (Å²) in [4.78, 5) is 4.70. The Hall–Kier alpha value is -1.07. The molecule has 146 valence electrons. The van der Waals surface area contributed by atoms with Gasteiger partial charge in [0.1, 0.15) is 4.90 Å². The van der Waals surface area contributed by atoms with Crippen LogP contribution in [0.5, 0.6) is 0 Å². The van der Waals surface area contributed by atoms with Gasteiger partial charge in [0, 0.05) is 24.7 Å². The van der Waals surface area contributed by atoms with Gasteiger partial charge in [0.05, 0.1) is 5.52 Å². The second-order valence-electron chi connectivity index (χ2n) is 9.31. The molecule has 3 heterocycles. The molecule has 2 fully saturated rings. The van der Waals surface area contributed by atoms with Crippen LogP contribution < -0.4 is 0 Å². The van der Waals surface area contributed by atoms with E-state index in [-0.39, 0.29) is 5.04 Å². The quantitative estimate of drug-likeness (QED) is 0.683. The van der Waals surface area contributed by atoms with E-state index < -0.39 is 26.7 Å². The SMILES string of the molecule is CC12CC(CN(S(=O)(=O)c3cccc4cccnc34)C1)[Si](C)(C)O[Si]2(C)C. The average molecular weight is 421 g/mol. The molecule has 0 aliphatic carbocycles. The molecule has 2 aromatic rings. The highest BCUT2D eigenvalue weighted by Crippen LogP contribution is 2.57. The van der Waals surface area contributed by atoms with Crippen LogP contribution >= 0.6 is 0 Å². The Morgan fingerprint density at radius 2 is 1.89 bits per heavy atom. The standard InChI is InChI=1S/C19H28N2O3SSi2/c1-19-12-16(26(2,3)24-27(19,4)5)13-21(14-19)25(22,23)17-10-6-8-15-9-7-11-20-18(15)17/h6-11,16H,12-14H2,1-5H3. The van der Waals surface area contributed by atoms with E-state index in [1.807, 2.05) is 24.3 Å². The van der Waals surface area contributed by atoms with Crippen LogP contribution in [0.4, 0.5) is 0 Å². The lowest BCUT2D eigenvalue weighted by atomic mass is 10.00. The van der Waals surface area contributed by atoms with E-state index in [1.54, 1.807) is 16.6 Å². The van der Waals surface area contributed by atoms with Crippen molar-refractivity contribution in [3.8, 4) is 0 Å². The number of fused-ring (bicyclic) bond motifs is 3. The van der Waals surface area contributed by atoms with Crippen LogP contribution in [0.1, 0.15) is 13.3 Å². The predicted molar refractivity (Wildman–Crippen MR) is 113 cm³/mol. The average Bonchev–Trinajstić information content (AvgIpc) is 2.59. The van der Waals surface area contributed by atoms with Gasteiger partial charge in [0.2, 0.25) is 10.0 Å². The first-order valence-electron chi connectivity index (χ1n) is 9.50. The molecular formula is C19H28N2O3SSi2. The van der Waals surface area contributed by atoms with E-state index >= 15 is 0 Å². The van der Waals surface area contributed by atoms with Gasteiger partial charge in [-0.05, 0) is 55.3 Å². The Morgan fingerprint density at radius 1 is 1.19 bits per heavy atom. The third-order valence-corrected chi connectivity index (χ3v) is 18.4. The lowest BCUT2D eigenvalue weighted by molar-refractivity contribution is 0.231. The number of pyridine rings is 1. The summed E-state index contributed by atoms with van der Waals surface area (Å²) in [5.41, 5.74) is 0.889. The van der Waals surface area contributed by atoms with Gasteiger partial charge in [-0.3, -0.25) is 4.98 Å². The van der Waals surface area contributed by atoms with Crippen molar-refractivity contribution in [2.45, 2.75) is 55.0 Å². The Bertz CT molecular complexity index is 1000. The summed E-state index contributed by atoms with van der Waals surface area (Å²) in [6.07, 6.45) is 2.75. The summed E-state index contributed by atoms with van der Waals surface area (Å²) in [5.74, 6) is 0. The smallest absolute Gasteiger partial charge is 0.245 e. The number of hydrogen-bond donors (Lipinski definition) is 0. The van der Waals surface area contributed by atoms with Gasteiger partial charge in [0.25, 0.3) is 0 Å². The number of aromatic nitrogens is 1. The van der Waals surface area contributed by atoms with Crippen LogP contribution in [0.15, 0.2) is 41.4 Å². The summed E-state index contributed by atoms with van der Waals surface area (Å²) in [7, 11) is -7.54. The Balaban J connectivity index is 1.81. The fourth-order valence-corrected chi connectivity index (χ4v) is 16.8. The van der Waals surface area contributed by atoms with Gasteiger partial charge >= 0.3 is 0 Å². The minimum atomic E-state index is -3.61.